The van der Waals surface area contributed by atoms with Gasteiger partial charge >= 0.3 is 0 Å². The highest BCUT2D eigenvalue weighted by Gasteiger charge is 2.23. The Kier molecular flexibility index (Phi) is 9.43. The molecule has 6 heteroatoms. The van der Waals surface area contributed by atoms with Crippen LogP contribution in [0.1, 0.15) is 38.8 Å². The Morgan fingerprint density at radius 2 is 1.33 bits per heavy atom. The van der Waals surface area contributed by atoms with Crippen LogP contribution in [0, 0.1) is 0 Å². The van der Waals surface area contributed by atoms with E-state index < -0.39 is 12.2 Å². The van der Waals surface area contributed by atoms with Crippen molar-refractivity contribution in [3.63, 3.8) is 0 Å². The standard InChI is InChI=1S/C24H33ClO5/c1-17(2)28-15-21(27)16-30-23-11-7-19(8-12-23)24(3,4)18-5-9-22(10-6-18)29-14-20(26)13-25/h5-12,17,20-21,26-27H,13-16H2,1-4H3/p+1. The Hall–Kier alpha value is -1.79. The van der Waals surface area contributed by atoms with Gasteiger partial charge in [0.2, 0.25) is 6.10 Å². The number of hydrogen-bond donors (Lipinski definition) is 1. The molecule has 0 aliphatic carbocycles. The molecule has 3 N–H and O–H groups in total. The minimum Gasteiger partial charge on any atom is -0.491 e. The molecule has 2 aromatic carbocycles. The summed E-state index contributed by atoms with van der Waals surface area (Å²) in [5.41, 5.74) is 2.11. The van der Waals surface area contributed by atoms with Gasteiger partial charge in [-0.05, 0) is 49.2 Å². The molecule has 166 valence electrons. The van der Waals surface area contributed by atoms with Crippen molar-refractivity contribution < 1.29 is 24.4 Å². The Morgan fingerprint density at radius 1 is 0.867 bits per heavy atom. The van der Waals surface area contributed by atoms with Crippen LogP contribution in [-0.2, 0) is 10.2 Å². The van der Waals surface area contributed by atoms with E-state index in [4.69, 9.17) is 30.9 Å². The topological polar surface area (TPSA) is 70.8 Å². The van der Waals surface area contributed by atoms with Gasteiger partial charge in [-0.1, -0.05) is 38.1 Å². The SMILES string of the molecule is CC(C)OCC(O)COc1ccc(C(C)(C)c2ccc(OCC([OH2+])CCl)cc2)cc1. The fourth-order valence-corrected chi connectivity index (χ4v) is 2.98. The van der Waals surface area contributed by atoms with Crippen molar-refractivity contribution in [3.05, 3.63) is 59.7 Å². The van der Waals surface area contributed by atoms with E-state index >= 15 is 0 Å². The van der Waals surface area contributed by atoms with Gasteiger partial charge in [-0.15, -0.1) is 11.6 Å². The summed E-state index contributed by atoms with van der Waals surface area (Å²) in [6.07, 6.45) is -0.992. The lowest BCUT2D eigenvalue weighted by Crippen LogP contribution is -2.25. The summed E-state index contributed by atoms with van der Waals surface area (Å²) in [7, 11) is 0. The molecule has 0 radical (unpaired) electrons. The molecular formula is C24H34ClO5+. The third kappa shape index (κ3) is 7.47. The van der Waals surface area contributed by atoms with Gasteiger partial charge in [-0.25, -0.2) is 0 Å². The predicted molar refractivity (Wildman–Crippen MR) is 121 cm³/mol. The molecule has 30 heavy (non-hydrogen) atoms. The summed E-state index contributed by atoms with van der Waals surface area (Å²) < 4.78 is 16.7. The van der Waals surface area contributed by atoms with Crippen LogP contribution in [0.15, 0.2) is 48.5 Å². The Labute approximate surface area is 184 Å². The number of ether oxygens (including phenoxy) is 3. The number of halogens is 1. The monoisotopic (exact) mass is 437 g/mol. The fraction of sp³-hybridized carbons (Fsp3) is 0.500. The van der Waals surface area contributed by atoms with E-state index in [-0.39, 0.29) is 37.2 Å². The maximum Gasteiger partial charge on any atom is 0.202 e. The van der Waals surface area contributed by atoms with Crippen LogP contribution in [0.2, 0.25) is 0 Å². The molecule has 0 fully saturated rings. The largest absolute Gasteiger partial charge is 0.491 e. The zero-order valence-electron chi connectivity index (χ0n) is 18.2. The summed E-state index contributed by atoms with van der Waals surface area (Å²) in [4.78, 5) is 0. The summed E-state index contributed by atoms with van der Waals surface area (Å²) in [6, 6.07) is 15.9. The van der Waals surface area contributed by atoms with E-state index in [1.165, 1.54) is 0 Å². The maximum atomic E-state index is 9.92. The molecule has 0 aliphatic heterocycles. The van der Waals surface area contributed by atoms with Crippen molar-refractivity contribution in [1.29, 1.82) is 0 Å². The molecular weight excluding hydrogens is 404 g/mol. The summed E-state index contributed by atoms with van der Waals surface area (Å²) in [5.74, 6) is 1.71. The number of benzene rings is 2. The summed E-state index contributed by atoms with van der Waals surface area (Å²) in [5, 5.41) is 17.6. The molecule has 2 rings (SSSR count). The van der Waals surface area contributed by atoms with Gasteiger partial charge in [0.05, 0.1) is 18.6 Å². The molecule has 2 aromatic rings. The van der Waals surface area contributed by atoms with Crippen LogP contribution >= 0.6 is 11.6 Å². The molecule has 0 spiro atoms. The lowest BCUT2D eigenvalue weighted by atomic mass is 9.78. The molecule has 0 saturated carbocycles. The van der Waals surface area contributed by atoms with Gasteiger partial charge in [0.25, 0.3) is 0 Å². The van der Waals surface area contributed by atoms with Gasteiger partial charge < -0.3 is 24.4 Å². The van der Waals surface area contributed by atoms with Crippen LogP contribution in [0.25, 0.3) is 0 Å². The molecule has 0 saturated heterocycles. The molecule has 0 aromatic heterocycles. The predicted octanol–water partition coefficient (Wildman–Crippen LogP) is 3.89. The smallest absolute Gasteiger partial charge is 0.202 e. The lowest BCUT2D eigenvalue weighted by molar-refractivity contribution is -0.0122. The van der Waals surface area contributed by atoms with Gasteiger partial charge in [0.15, 0.2) is 6.61 Å². The van der Waals surface area contributed by atoms with Gasteiger partial charge in [-0.2, -0.15) is 0 Å². The zero-order valence-corrected chi connectivity index (χ0v) is 19.0. The average Bonchev–Trinajstić information content (AvgIpc) is 2.75. The number of alkyl halides is 1. The molecule has 2 atom stereocenters. The van der Waals surface area contributed by atoms with Gasteiger partial charge in [-0.3, -0.25) is 0 Å². The minimum atomic E-state index is -0.654. The Morgan fingerprint density at radius 3 is 1.77 bits per heavy atom. The Bertz CT molecular complexity index is 743. The van der Waals surface area contributed by atoms with Crippen molar-refractivity contribution in [1.82, 2.24) is 0 Å². The van der Waals surface area contributed by atoms with E-state index in [1.54, 1.807) is 0 Å². The van der Waals surface area contributed by atoms with Gasteiger partial charge in [0.1, 0.15) is 24.2 Å². The van der Waals surface area contributed by atoms with E-state index in [2.05, 4.69) is 13.8 Å². The second-order valence-electron chi connectivity index (χ2n) is 8.18. The summed E-state index contributed by atoms with van der Waals surface area (Å²) >= 11 is 5.65. The van der Waals surface area contributed by atoms with Crippen LogP contribution in [0.5, 0.6) is 11.5 Å². The molecule has 0 bridgehead atoms. The number of hydrogen-bond acceptors (Lipinski definition) is 4. The number of rotatable bonds is 12. The quantitative estimate of drug-likeness (QED) is 0.404. The van der Waals surface area contributed by atoms with Crippen LogP contribution in [0.3, 0.4) is 0 Å². The van der Waals surface area contributed by atoms with Crippen molar-refractivity contribution in [2.45, 2.75) is 51.4 Å². The highest BCUT2D eigenvalue weighted by atomic mass is 35.5. The first-order chi connectivity index (χ1) is 14.2. The van der Waals surface area contributed by atoms with Crippen LogP contribution < -0.4 is 9.47 Å². The van der Waals surface area contributed by atoms with E-state index in [0.717, 1.165) is 16.9 Å². The normalized spacial score (nSPS) is 13.9. The van der Waals surface area contributed by atoms with Crippen LogP contribution in [-0.4, -0.2) is 54.2 Å². The van der Waals surface area contributed by atoms with Crippen molar-refractivity contribution in [2.24, 2.45) is 0 Å². The molecule has 0 heterocycles. The molecule has 0 aliphatic rings. The first kappa shape index (κ1) is 24.5. The van der Waals surface area contributed by atoms with Crippen molar-refractivity contribution in [2.75, 3.05) is 25.7 Å². The first-order valence-corrected chi connectivity index (χ1v) is 10.8. The Balaban J connectivity index is 1.95. The van der Waals surface area contributed by atoms with E-state index in [9.17, 15) is 5.11 Å². The van der Waals surface area contributed by atoms with E-state index in [0.29, 0.717) is 5.75 Å². The summed E-state index contributed by atoms with van der Waals surface area (Å²) in [6.45, 7) is 8.94. The maximum absolute atomic E-state index is 9.92. The zero-order chi connectivity index (χ0) is 22.1. The molecule has 5 nitrogen and oxygen atoms in total. The lowest BCUT2D eigenvalue weighted by Gasteiger charge is -2.26. The van der Waals surface area contributed by atoms with Gasteiger partial charge in [0, 0.05) is 5.41 Å². The second kappa shape index (κ2) is 11.6. The minimum absolute atomic E-state index is 0.0852. The fourth-order valence-electron chi connectivity index (χ4n) is 2.89. The first-order valence-electron chi connectivity index (χ1n) is 10.3. The van der Waals surface area contributed by atoms with Crippen molar-refractivity contribution in [3.8, 4) is 11.5 Å². The second-order valence-corrected chi connectivity index (χ2v) is 8.49. The van der Waals surface area contributed by atoms with Crippen molar-refractivity contribution >= 4 is 11.6 Å². The van der Waals surface area contributed by atoms with Crippen LogP contribution in [0.4, 0.5) is 0 Å². The highest BCUT2D eigenvalue weighted by molar-refractivity contribution is 6.18. The third-order valence-corrected chi connectivity index (χ3v) is 5.23. The van der Waals surface area contributed by atoms with E-state index in [1.807, 2.05) is 62.4 Å². The highest BCUT2D eigenvalue weighted by Crippen LogP contribution is 2.33. The molecule has 2 unspecified atom stereocenters. The average molecular weight is 438 g/mol. The third-order valence-electron chi connectivity index (χ3n) is 4.85. The number of aliphatic hydroxyl groups excluding tert-OH is 1. The number of aliphatic hydroxyl groups is 1. The molecule has 0 amide bonds.